The van der Waals surface area contributed by atoms with Gasteiger partial charge in [0.25, 0.3) is 10.0 Å². The standard InChI is InChI=1S/C15H16N4O4S2/c20-13(7-6-12-4-2-1-3-5-12)16-14-17-18-15(24-14)25(21,22)19-8-10-23-11-9-19/h1-7H,8-11H2,(H,16,17,20)/b7-6+. The number of ether oxygens (including phenoxy) is 1. The molecule has 1 N–H and O–H groups in total. The second-order valence-electron chi connectivity index (χ2n) is 5.12. The van der Waals surface area contributed by atoms with Gasteiger partial charge < -0.3 is 4.74 Å². The number of benzene rings is 1. The molecular formula is C15H16N4O4S2. The van der Waals surface area contributed by atoms with Crippen LogP contribution in [0.25, 0.3) is 6.08 Å². The molecule has 2 heterocycles. The Morgan fingerprint density at radius 1 is 1.20 bits per heavy atom. The summed E-state index contributed by atoms with van der Waals surface area (Å²) in [6.07, 6.45) is 3.01. The number of hydrogen-bond acceptors (Lipinski definition) is 7. The van der Waals surface area contributed by atoms with Gasteiger partial charge in [-0.05, 0) is 11.6 Å². The summed E-state index contributed by atoms with van der Waals surface area (Å²) in [5.41, 5.74) is 0.880. The maximum absolute atomic E-state index is 12.4. The van der Waals surface area contributed by atoms with Crippen LogP contribution in [0.2, 0.25) is 0 Å². The van der Waals surface area contributed by atoms with Crippen LogP contribution in [0.3, 0.4) is 0 Å². The first-order valence-corrected chi connectivity index (χ1v) is 9.77. The second-order valence-corrected chi connectivity index (χ2v) is 8.21. The summed E-state index contributed by atoms with van der Waals surface area (Å²) >= 11 is 0.825. The van der Waals surface area contributed by atoms with Crippen LogP contribution in [0.15, 0.2) is 40.7 Å². The van der Waals surface area contributed by atoms with E-state index in [0.717, 1.165) is 16.9 Å². The van der Waals surface area contributed by atoms with Crippen LogP contribution < -0.4 is 5.32 Å². The highest BCUT2D eigenvalue weighted by molar-refractivity contribution is 7.91. The molecule has 0 aliphatic carbocycles. The van der Waals surface area contributed by atoms with Crippen LogP contribution in [-0.2, 0) is 19.6 Å². The number of anilines is 1. The molecule has 1 amide bonds. The van der Waals surface area contributed by atoms with Gasteiger partial charge in [-0.2, -0.15) is 4.31 Å². The molecule has 1 fully saturated rings. The Morgan fingerprint density at radius 2 is 1.92 bits per heavy atom. The number of morpholine rings is 1. The normalized spacial score (nSPS) is 16.2. The van der Waals surface area contributed by atoms with Crippen molar-refractivity contribution in [3.63, 3.8) is 0 Å². The minimum absolute atomic E-state index is 0.134. The highest BCUT2D eigenvalue weighted by Gasteiger charge is 2.30. The molecular weight excluding hydrogens is 364 g/mol. The van der Waals surface area contributed by atoms with E-state index in [-0.39, 0.29) is 22.6 Å². The van der Waals surface area contributed by atoms with Crippen molar-refractivity contribution in [2.75, 3.05) is 31.6 Å². The van der Waals surface area contributed by atoms with Gasteiger partial charge in [0.15, 0.2) is 0 Å². The van der Waals surface area contributed by atoms with E-state index in [1.807, 2.05) is 30.3 Å². The zero-order chi connectivity index (χ0) is 17.7. The third-order valence-corrected chi connectivity index (χ3v) is 6.48. The van der Waals surface area contributed by atoms with Crippen molar-refractivity contribution < 1.29 is 17.9 Å². The Labute approximate surface area is 149 Å². The van der Waals surface area contributed by atoms with Crippen LogP contribution in [0.5, 0.6) is 0 Å². The van der Waals surface area contributed by atoms with Gasteiger partial charge in [-0.25, -0.2) is 8.42 Å². The first-order chi connectivity index (χ1) is 12.1. The van der Waals surface area contributed by atoms with Crippen LogP contribution >= 0.6 is 11.3 Å². The molecule has 132 valence electrons. The van der Waals surface area contributed by atoms with Crippen molar-refractivity contribution in [3.05, 3.63) is 42.0 Å². The molecule has 2 aromatic rings. The van der Waals surface area contributed by atoms with Crippen molar-refractivity contribution in [3.8, 4) is 0 Å². The lowest BCUT2D eigenvalue weighted by Crippen LogP contribution is -2.40. The molecule has 0 spiro atoms. The average molecular weight is 380 g/mol. The number of nitrogens with zero attached hydrogens (tertiary/aromatic N) is 3. The van der Waals surface area contributed by atoms with E-state index in [0.29, 0.717) is 13.2 Å². The summed E-state index contributed by atoms with van der Waals surface area (Å²) in [6.45, 7) is 1.27. The van der Waals surface area contributed by atoms with E-state index >= 15 is 0 Å². The maximum Gasteiger partial charge on any atom is 0.272 e. The number of amides is 1. The quantitative estimate of drug-likeness (QED) is 0.618. The molecule has 0 saturated carbocycles. The fourth-order valence-corrected chi connectivity index (χ4v) is 4.59. The molecule has 1 saturated heterocycles. The van der Waals surface area contributed by atoms with E-state index < -0.39 is 15.9 Å². The monoisotopic (exact) mass is 380 g/mol. The van der Waals surface area contributed by atoms with Gasteiger partial charge in [0.2, 0.25) is 15.4 Å². The largest absolute Gasteiger partial charge is 0.379 e. The number of sulfonamides is 1. The predicted octanol–water partition coefficient (Wildman–Crippen LogP) is 1.21. The summed E-state index contributed by atoms with van der Waals surface area (Å²) in [6, 6.07) is 9.34. The molecule has 25 heavy (non-hydrogen) atoms. The van der Waals surface area contributed by atoms with Gasteiger partial charge in [-0.1, -0.05) is 41.7 Å². The zero-order valence-corrected chi connectivity index (χ0v) is 14.8. The van der Waals surface area contributed by atoms with Gasteiger partial charge in [0, 0.05) is 19.2 Å². The lowest BCUT2D eigenvalue weighted by molar-refractivity contribution is -0.111. The number of hydrogen-bond donors (Lipinski definition) is 1. The summed E-state index contributed by atoms with van der Waals surface area (Å²) in [5, 5.41) is 10.1. The van der Waals surface area contributed by atoms with Gasteiger partial charge in [0.05, 0.1) is 13.2 Å². The zero-order valence-electron chi connectivity index (χ0n) is 13.2. The number of aromatic nitrogens is 2. The molecule has 1 aliphatic heterocycles. The lowest BCUT2D eigenvalue weighted by atomic mass is 10.2. The highest BCUT2D eigenvalue weighted by Crippen LogP contribution is 2.23. The Balaban J connectivity index is 1.65. The van der Waals surface area contributed by atoms with Gasteiger partial charge in [-0.3, -0.25) is 10.1 Å². The minimum atomic E-state index is -3.70. The molecule has 1 aromatic heterocycles. The molecule has 10 heteroatoms. The van der Waals surface area contributed by atoms with Crippen LogP contribution in [-0.4, -0.2) is 55.1 Å². The van der Waals surface area contributed by atoms with Crippen molar-refractivity contribution in [1.82, 2.24) is 14.5 Å². The Hall–Kier alpha value is -2.14. The molecule has 0 bridgehead atoms. The predicted molar refractivity (Wildman–Crippen MR) is 93.6 cm³/mol. The SMILES string of the molecule is O=C(/C=C/c1ccccc1)Nc1nnc(S(=O)(=O)N2CCOCC2)s1. The van der Waals surface area contributed by atoms with Crippen LogP contribution in [0.4, 0.5) is 5.13 Å². The highest BCUT2D eigenvalue weighted by atomic mass is 32.2. The molecule has 1 aliphatic rings. The topological polar surface area (TPSA) is 101 Å². The first kappa shape index (κ1) is 17.7. The van der Waals surface area contributed by atoms with Crippen molar-refractivity contribution in [2.45, 2.75) is 4.34 Å². The molecule has 0 unspecified atom stereocenters. The number of rotatable bonds is 5. The van der Waals surface area contributed by atoms with E-state index in [1.54, 1.807) is 6.08 Å². The van der Waals surface area contributed by atoms with Crippen molar-refractivity contribution >= 4 is 38.5 Å². The Kier molecular flexibility index (Phi) is 5.53. The van der Waals surface area contributed by atoms with Gasteiger partial charge in [0.1, 0.15) is 0 Å². The van der Waals surface area contributed by atoms with Crippen molar-refractivity contribution in [2.24, 2.45) is 0 Å². The average Bonchev–Trinajstić information content (AvgIpc) is 3.11. The minimum Gasteiger partial charge on any atom is -0.379 e. The van der Waals surface area contributed by atoms with Crippen LogP contribution in [0, 0.1) is 0 Å². The smallest absolute Gasteiger partial charge is 0.272 e. The van der Waals surface area contributed by atoms with Gasteiger partial charge >= 0.3 is 0 Å². The Morgan fingerprint density at radius 3 is 2.64 bits per heavy atom. The fraction of sp³-hybridized carbons (Fsp3) is 0.267. The number of carbonyl (C=O) groups excluding carboxylic acids is 1. The first-order valence-electron chi connectivity index (χ1n) is 7.51. The molecule has 8 nitrogen and oxygen atoms in total. The summed E-state index contributed by atoms with van der Waals surface area (Å²) in [5.74, 6) is -0.407. The molecule has 0 radical (unpaired) electrons. The molecule has 3 rings (SSSR count). The maximum atomic E-state index is 12.4. The summed E-state index contributed by atoms with van der Waals surface area (Å²) in [7, 11) is -3.70. The molecule has 1 aromatic carbocycles. The summed E-state index contributed by atoms with van der Waals surface area (Å²) < 4.78 is 31.2. The van der Waals surface area contributed by atoms with E-state index in [4.69, 9.17) is 4.74 Å². The van der Waals surface area contributed by atoms with Crippen molar-refractivity contribution in [1.29, 1.82) is 0 Å². The fourth-order valence-electron chi connectivity index (χ4n) is 2.15. The lowest BCUT2D eigenvalue weighted by Gasteiger charge is -2.24. The third kappa shape index (κ3) is 4.48. The third-order valence-electron chi connectivity index (χ3n) is 3.39. The number of nitrogens with one attached hydrogen (secondary N) is 1. The van der Waals surface area contributed by atoms with E-state index in [9.17, 15) is 13.2 Å². The van der Waals surface area contributed by atoms with Gasteiger partial charge in [-0.15, -0.1) is 10.2 Å². The Bertz CT molecular complexity index is 859. The second kappa shape index (κ2) is 7.83. The molecule has 0 atom stereocenters. The number of carbonyl (C=O) groups is 1. The van der Waals surface area contributed by atoms with E-state index in [1.165, 1.54) is 10.4 Å². The summed E-state index contributed by atoms with van der Waals surface area (Å²) in [4.78, 5) is 11.9. The van der Waals surface area contributed by atoms with E-state index in [2.05, 4.69) is 15.5 Å². The van der Waals surface area contributed by atoms with Crippen LogP contribution in [0.1, 0.15) is 5.56 Å².